The number of hydrogen-bond donors (Lipinski definition) is 4. The van der Waals surface area contributed by atoms with E-state index in [4.69, 9.17) is 27.3 Å². The summed E-state index contributed by atoms with van der Waals surface area (Å²) in [4.78, 5) is 20.7. The van der Waals surface area contributed by atoms with E-state index in [9.17, 15) is 4.79 Å². The Hall–Kier alpha value is -4.66. The molecule has 0 fully saturated rings. The van der Waals surface area contributed by atoms with Gasteiger partial charge >= 0.3 is 0 Å². The predicted molar refractivity (Wildman–Crippen MR) is 187 cm³/mol. The van der Waals surface area contributed by atoms with Gasteiger partial charge in [-0.25, -0.2) is 4.98 Å². The molecule has 0 spiro atoms. The molecule has 0 radical (unpaired) electrons. The van der Waals surface area contributed by atoms with Crippen LogP contribution in [0.4, 0.5) is 0 Å². The van der Waals surface area contributed by atoms with Gasteiger partial charge in [0.1, 0.15) is 17.5 Å². The topological polar surface area (TPSA) is 138 Å². The van der Waals surface area contributed by atoms with E-state index >= 15 is 0 Å². The Kier molecular flexibility index (Phi) is 12.3. The van der Waals surface area contributed by atoms with Gasteiger partial charge in [-0.05, 0) is 54.2 Å². The number of imidazole rings is 1. The lowest BCUT2D eigenvalue weighted by atomic mass is 10.1. The molecular weight excluding hydrogens is 605 g/mol. The maximum absolute atomic E-state index is 13.9. The first kappa shape index (κ1) is 34.8. The van der Waals surface area contributed by atoms with Crippen LogP contribution in [0.3, 0.4) is 0 Å². The number of amides is 1. The maximum atomic E-state index is 13.9. The number of amidine groups is 2. The largest absolute Gasteiger partial charge is 0.384 e. The molecule has 1 heterocycles. The van der Waals surface area contributed by atoms with Crippen LogP contribution in [0, 0.1) is 10.8 Å². The summed E-state index contributed by atoms with van der Waals surface area (Å²) in [5.74, 6) is 0.994. The summed E-state index contributed by atoms with van der Waals surface area (Å²) in [5, 5.41) is 15.2. The normalized spacial score (nSPS) is 10.5. The lowest BCUT2D eigenvalue weighted by molar-refractivity contribution is 0.0741. The Balaban J connectivity index is 0.00000276. The zero-order valence-corrected chi connectivity index (χ0v) is 26.8. The van der Waals surface area contributed by atoms with Crippen molar-refractivity contribution in [2.75, 3.05) is 6.54 Å². The summed E-state index contributed by atoms with van der Waals surface area (Å²) in [5.41, 5.74) is 18.3. The quantitative estimate of drug-likeness (QED) is 0.0971. The molecule has 0 aliphatic heterocycles. The van der Waals surface area contributed by atoms with Gasteiger partial charge in [0.25, 0.3) is 5.91 Å². The molecule has 234 valence electrons. The molecule has 0 saturated carbocycles. The highest BCUT2D eigenvalue weighted by molar-refractivity contribution is 5.98. The van der Waals surface area contributed by atoms with Crippen LogP contribution in [0.2, 0.25) is 0 Å². The minimum absolute atomic E-state index is 0. The summed E-state index contributed by atoms with van der Waals surface area (Å²) >= 11 is 0. The van der Waals surface area contributed by atoms with Crippen molar-refractivity contribution in [3.63, 3.8) is 0 Å². The lowest BCUT2D eigenvalue weighted by Gasteiger charge is -2.23. The van der Waals surface area contributed by atoms with Crippen LogP contribution in [0.25, 0.3) is 11.0 Å². The highest BCUT2D eigenvalue weighted by atomic mass is 35.5. The first-order valence-electron chi connectivity index (χ1n) is 14.4. The highest BCUT2D eigenvalue weighted by Gasteiger charge is 2.18. The third-order valence-corrected chi connectivity index (χ3v) is 7.78. The van der Waals surface area contributed by atoms with Gasteiger partial charge in [0.15, 0.2) is 0 Å². The Morgan fingerprint density at radius 1 is 0.733 bits per heavy atom. The molecule has 4 aromatic carbocycles. The molecule has 0 aliphatic carbocycles. The van der Waals surface area contributed by atoms with Crippen molar-refractivity contribution in [2.24, 2.45) is 18.5 Å². The van der Waals surface area contributed by atoms with Crippen LogP contribution in [0.5, 0.6) is 0 Å². The summed E-state index contributed by atoms with van der Waals surface area (Å²) in [6.45, 7) is 1.07. The van der Waals surface area contributed by atoms with Crippen LogP contribution in [-0.4, -0.2) is 38.6 Å². The van der Waals surface area contributed by atoms with Crippen molar-refractivity contribution in [2.45, 2.75) is 32.2 Å². The number of benzene rings is 4. The van der Waals surface area contributed by atoms with Gasteiger partial charge in [0.2, 0.25) is 0 Å². The number of fused-ring (bicyclic) bond motifs is 1. The van der Waals surface area contributed by atoms with Gasteiger partial charge in [-0.1, -0.05) is 78.9 Å². The number of carbonyl (C=O) groups excluding carboxylic acids is 1. The zero-order valence-electron chi connectivity index (χ0n) is 25.2. The van der Waals surface area contributed by atoms with Gasteiger partial charge in [-0.3, -0.25) is 15.6 Å². The van der Waals surface area contributed by atoms with Crippen molar-refractivity contribution in [1.82, 2.24) is 14.5 Å². The van der Waals surface area contributed by atoms with Crippen molar-refractivity contribution in [1.29, 1.82) is 10.8 Å². The van der Waals surface area contributed by atoms with Gasteiger partial charge in [-0.2, -0.15) is 0 Å². The van der Waals surface area contributed by atoms with Crippen LogP contribution in [-0.2, 0) is 32.9 Å². The van der Waals surface area contributed by atoms with Gasteiger partial charge in [0.05, 0.1) is 11.0 Å². The molecule has 5 aromatic rings. The average molecular weight is 645 g/mol. The smallest absolute Gasteiger partial charge is 0.254 e. The molecule has 0 bridgehead atoms. The fourth-order valence-electron chi connectivity index (χ4n) is 5.28. The summed E-state index contributed by atoms with van der Waals surface area (Å²) in [6, 6.07) is 31.3. The monoisotopic (exact) mass is 643 g/mol. The summed E-state index contributed by atoms with van der Waals surface area (Å²) in [6.07, 6.45) is 3.27. The number of rotatable bonds is 12. The first-order chi connectivity index (χ1) is 20.8. The second-order valence-corrected chi connectivity index (χ2v) is 10.8. The Labute approximate surface area is 276 Å². The predicted octanol–water partition coefficient (Wildman–Crippen LogP) is 6.05. The molecule has 0 aliphatic rings. The lowest BCUT2D eigenvalue weighted by Crippen LogP contribution is -2.32. The SMILES string of the molecule is Cl.Cl.Cn1c(CCc2ccc(C(=N)N)cc2)nc2cc(C(=O)N(CCCc3ccccc3)Cc3ccc(C(=N)N)cc3)ccc21. The number of aromatic nitrogens is 2. The van der Waals surface area contributed by atoms with Crippen molar-refractivity contribution >= 4 is 53.4 Å². The van der Waals surface area contributed by atoms with Gasteiger partial charge < -0.3 is 20.9 Å². The van der Waals surface area contributed by atoms with E-state index in [0.717, 1.165) is 53.7 Å². The van der Waals surface area contributed by atoms with E-state index in [0.29, 0.717) is 29.8 Å². The standard InChI is InChI=1S/C35H37N7O.2ClH/c1-41-31-19-18-29(22-30(31)40-32(41)20-13-25-9-14-27(15-10-25)33(36)37)35(43)42(21-5-8-24-6-3-2-4-7-24)23-26-11-16-28(17-12-26)34(38)39;;/h2-4,6-7,9-12,14-19,22H,5,8,13,20-21,23H2,1H3,(H3,36,37)(H3,38,39);2*1H. The molecule has 0 atom stereocenters. The second kappa shape index (κ2) is 15.9. The number of carbonyl (C=O) groups is 1. The Bertz CT molecular complexity index is 1750. The molecule has 45 heavy (non-hydrogen) atoms. The number of aryl methyl sites for hydroxylation is 4. The Morgan fingerprint density at radius 3 is 1.89 bits per heavy atom. The van der Waals surface area contributed by atoms with E-state index in [-0.39, 0.29) is 42.4 Å². The summed E-state index contributed by atoms with van der Waals surface area (Å²) in [7, 11) is 2.01. The van der Waals surface area contributed by atoms with Crippen LogP contribution >= 0.6 is 24.8 Å². The molecule has 0 saturated heterocycles. The van der Waals surface area contributed by atoms with Crippen LogP contribution in [0.1, 0.15) is 50.4 Å². The van der Waals surface area contributed by atoms with E-state index in [2.05, 4.69) is 16.7 Å². The number of nitrogen functional groups attached to an aromatic ring is 2. The molecule has 5 rings (SSSR count). The minimum atomic E-state index is -0.0385. The number of nitrogens with one attached hydrogen (secondary N) is 2. The first-order valence-corrected chi connectivity index (χ1v) is 14.4. The van der Waals surface area contributed by atoms with E-state index < -0.39 is 0 Å². The number of halogens is 2. The molecule has 6 N–H and O–H groups in total. The third kappa shape index (κ3) is 8.71. The molecule has 8 nitrogen and oxygen atoms in total. The second-order valence-electron chi connectivity index (χ2n) is 10.8. The number of hydrogen-bond acceptors (Lipinski definition) is 4. The van der Waals surface area contributed by atoms with Crippen molar-refractivity contribution in [3.05, 3.63) is 136 Å². The highest BCUT2D eigenvalue weighted by Crippen LogP contribution is 2.21. The fourth-order valence-corrected chi connectivity index (χ4v) is 5.28. The van der Waals surface area contributed by atoms with E-state index in [1.165, 1.54) is 5.56 Å². The van der Waals surface area contributed by atoms with E-state index in [1.807, 2.05) is 96.9 Å². The maximum Gasteiger partial charge on any atom is 0.254 e. The third-order valence-electron chi connectivity index (χ3n) is 7.78. The minimum Gasteiger partial charge on any atom is -0.384 e. The van der Waals surface area contributed by atoms with Gasteiger partial charge in [0, 0.05) is 43.2 Å². The molecule has 1 amide bonds. The number of nitrogens with two attached hydrogens (primary N) is 2. The fraction of sp³-hybridized carbons (Fsp3) is 0.200. The Morgan fingerprint density at radius 2 is 1.29 bits per heavy atom. The average Bonchev–Trinajstić information content (AvgIpc) is 3.34. The van der Waals surface area contributed by atoms with Gasteiger partial charge in [-0.15, -0.1) is 24.8 Å². The number of nitrogens with zero attached hydrogens (tertiary/aromatic N) is 3. The van der Waals surface area contributed by atoms with Crippen molar-refractivity contribution < 1.29 is 4.79 Å². The van der Waals surface area contributed by atoms with Crippen molar-refractivity contribution in [3.8, 4) is 0 Å². The van der Waals surface area contributed by atoms with Crippen LogP contribution < -0.4 is 11.5 Å². The van der Waals surface area contributed by atoms with E-state index in [1.54, 1.807) is 0 Å². The van der Waals surface area contributed by atoms with Crippen LogP contribution in [0.15, 0.2) is 97.1 Å². The zero-order chi connectivity index (χ0) is 30.3. The molecular formula is C35H39Cl2N7O. The molecule has 1 aromatic heterocycles. The molecule has 10 heteroatoms. The summed E-state index contributed by atoms with van der Waals surface area (Å²) < 4.78 is 2.09. The molecule has 0 unspecified atom stereocenters.